The molecule has 0 bridgehead atoms. The third-order valence-electron chi connectivity index (χ3n) is 4.16. The molecule has 4 heteroatoms. The van der Waals surface area contributed by atoms with E-state index in [0.717, 1.165) is 16.7 Å². The summed E-state index contributed by atoms with van der Waals surface area (Å²) in [6.45, 7) is 0. The Kier molecular flexibility index (Phi) is 6.08. The second-order valence-corrected chi connectivity index (χ2v) is 7.16. The molecule has 0 saturated carbocycles. The standard InChI is InChI=1S/C21H20NO2P/c23-25(24)20(16-17-10-4-1-5-11-17)22-21(18-12-6-2-7-13-18)19-14-8-3-9-15-19/h1-15,20-22H,16H2/p+1. The van der Waals surface area contributed by atoms with Gasteiger partial charge in [-0.15, -0.1) is 0 Å². The van der Waals surface area contributed by atoms with E-state index in [1.54, 1.807) is 0 Å². The van der Waals surface area contributed by atoms with Crippen molar-refractivity contribution in [2.45, 2.75) is 18.2 Å². The predicted octanol–water partition coefficient (Wildman–Crippen LogP) is 4.67. The molecule has 126 valence electrons. The van der Waals surface area contributed by atoms with Gasteiger partial charge in [0.1, 0.15) is 0 Å². The van der Waals surface area contributed by atoms with Crippen molar-refractivity contribution in [3.8, 4) is 0 Å². The number of nitrogens with one attached hydrogen (secondary N) is 1. The molecule has 0 fully saturated rings. The van der Waals surface area contributed by atoms with Gasteiger partial charge in [0.2, 0.25) is 5.78 Å². The lowest BCUT2D eigenvalue weighted by atomic mass is 9.98. The Morgan fingerprint density at radius 3 is 1.64 bits per heavy atom. The van der Waals surface area contributed by atoms with Crippen LogP contribution in [0, 0.1) is 0 Å². The highest BCUT2D eigenvalue weighted by Gasteiger charge is 2.32. The summed E-state index contributed by atoms with van der Waals surface area (Å²) < 4.78 is 12.0. The van der Waals surface area contributed by atoms with Crippen LogP contribution in [0.4, 0.5) is 0 Å². The first kappa shape index (κ1) is 17.5. The van der Waals surface area contributed by atoms with Crippen LogP contribution < -0.4 is 5.32 Å². The molecule has 0 aliphatic rings. The summed E-state index contributed by atoms with van der Waals surface area (Å²) in [6.07, 6.45) is 0.503. The molecule has 25 heavy (non-hydrogen) atoms. The maximum Gasteiger partial charge on any atom is 0.525 e. The van der Waals surface area contributed by atoms with E-state index in [-0.39, 0.29) is 6.04 Å². The first-order chi connectivity index (χ1) is 12.2. The second kappa shape index (κ2) is 8.68. The normalized spacial score (nSPS) is 12.8. The highest BCUT2D eigenvalue weighted by atomic mass is 31.1. The third-order valence-corrected chi connectivity index (χ3v) is 5.03. The van der Waals surface area contributed by atoms with Gasteiger partial charge in [-0.25, -0.2) is 0 Å². The van der Waals surface area contributed by atoms with E-state index in [1.807, 2.05) is 91.0 Å². The smallest absolute Gasteiger partial charge is 0.260 e. The zero-order valence-corrected chi connectivity index (χ0v) is 14.7. The molecular formula is C21H21NO2P+. The number of benzene rings is 3. The Labute approximate surface area is 149 Å². The molecule has 3 aromatic carbocycles. The van der Waals surface area contributed by atoms with Gasteiger partial charge in [0.25, 0.3) is 0 Å². The summed E-state index contributed by atoms with van der Waals surface area (Å²) in [5.74, 6) is -0.525. The lowest BCUT2D eigenvalue weighted by Gasteiger charge is -2.21. The zero-order chi connectivity index (χ0) is 17.5. The molecule has 0 aliphatic heterocycles. The van der Waals surface area contributed by atoms with Crippen LogP contribution in [0.3, 0.4) is 0 Å². The number of hydrogen-bond acceptors (Lipinski definition) is 2. The van der Waals surface area contributed by atoms with Crippen molar-refractivity contribution in [3.63, 3.8) is 0 Å². The van der Waals surface area contributed by atoms with Gasteiger partial charge < -0.3 is 0 Å². The van der Waals surface area contributed by atoms with Crippen LogP contribution in [0.25, 0.3) is 0 Å². The van der Waals surface area contributed by atoms with Crippen molar-refractivity contribution < 1.29 is 9.46 Å². The molecule has 3 rings (SSSR count). The second-order valence-electron chi connectivity index (χ2n) is 5.93. The first-order valence-electron chi connectivity index (χ1n) is 8.29. The molecule has 3 aromatic rings. The lowest BCUT2D eigenvalue weighted by Crippen LogP contribution is -2.32. The quantitative estimate of drug-likeness (QED) is 0.609. The molecule has 2 unspecified atom stereocenters. The third kappa shape index (κ3) is 4.83. The summed E-state index contributed by atoms with van der Waals surface area (Å²) >= 11 is 0. The van der Waals surface area contributed by atoms with Crippen molar-refractivity contribution in [3.05, 3.63) is 108 Å². The van der Waals surface area contributed by atoms with Crippen molar-refractivity contribution in [1.82, 2.24) is 5.32 Å². The van der Waals surface area contributed by atoms with Gasteiger partial charge in [0.15, 0.2) is 0 Å². The molecule has 2 atom stereocenters. The minimum Gasteiger partial charge on any atom is -0.260 e. The van der Waals surface area contributed by atoms with Gasteiger partial charge in [0, 0.05) is 6.42 Å². The summed E-state index contributed by atoms with van der Waals surface area (Å²) in [6, 6.07) is 29.7. The molecule has 0 aromatic heterocycles. The monoisotopic (exact) mass is 350 g/mol. The van der Waals surface area contributed by atoms with Gasteiger partial charge in [-0.3, -0.25) is 5.32 Å². The fourth-order valence-electron chi connectivity index (χ4n) is 2.91. The van der Waals surface area contributed by atoms with E-state index in [0.29, 0.717) is 6.42 Å². The van der Waals surface area contributed by atoms with Crippen LogP contribution in [0.5, 0.6) is 0 Å². The fraction of sp³-hybridized carbons (Fsp3) is 0.143. The summed E-state index contributed by atoms with van der Waals surface area (Å²) in [5.41, 5.74) is 3.18. The van der Waals surface area contributed by atoms with E-state index in [4.69, 9.17) is 0 Å². The molecule has 3 nitrogen and oxygen atoms in total. The molecule has 0 radical (unpaired) electrons. The summed E-state index contributed by atoms with van der Waals surface area (Å²) in [5, 5.41) is 3.40. The average Bonchev–Trinajstić information content (AvgIpc) is 2.67. The van der Waals surface area contributed by atoms with Crippen molar-refractivity contribution in [1.29, 1.82) is 0 Å². The summed E-state index contributed by atoms with van der Waals surface area (Å²) in [4.78, 5) is 9.86. The van der Waals surface area contributed by atoms with Crippen molar-refractivity contribution in [2.75, 3.05) is 0 Å². The Balaban J connectivity index is 1.88. The highest BCUT2D eigenvalue weighted by Crippen LogP contribution is 2.30. The Hall–Kier alpha value is -2.32. The molecule has 0 aliphatic carbocycles. The largest absolute Gasteiger partial charge is 0.525 e. The maximum absolute atomic E-state index is 12.0. The Morgan fingerprint density at radius 1 is 0.760 bits per heavy atom. The molecule has 0 saturated heterocycles. The van der Waals surface area contributed by atoms with Gasteiger partial charge >= 0.3 is 8.03 Å². The van der Waals surface area contributed by atoms with E-state index in [2.05, 4.69) is 5.32 Å². The van der Waals surface area contributed by atoms with Gasteiger partial charge in [0.05, 0.1) is 6.04 Å². The minimum atomic E-state index is -2.36. The lowest BCUT2D eigenvalue weighted by molar-refractivity contribution is 0.457. The van der Waals surface area contributed by atoms with Gasteiger partial charge in [-0.05, 0) is 21.3 Å². The van der Waals surface area contributed by atoms with Gasteiger partial charge in [-0.2, -0.15) is 4.89 Å². The van der Waals surface area contributed by atoms with Crippen LogP contribution >= 0.6 is 8.03 Å². The predicted molar refractivity (Wildman–Crippen MR) is 102 cm³/mol. The number of hydrogen-bond donors (Lipinski definition) is 2. The molecule has 2 N–H and O–H groups in total. The van der Waals surface area contributed by atoms with E-state index < -0.39 is 13.8 Å². The SMILES string of the molecule is O=[P+](O)C(Cc1ccccc1)NC(c1ccccc1)c1ccccc1. The Bertz CT molecular complexity index is 754. The van der Waals surface area contributed by atoms with Crippen LogP contribution in [0.15, 0.2) is 91.0 Å². The Morgan fingerprint density at radius 2 is 1.20 bits per heavy atom. The van der Waals surface area contributed by atoms with E-state index in [9.17, 15) is 9.46 Å². The molecular weight excluding hydrogens is 329 g/mol. The minimum absolute atomic E-state index is 0.137. The topological polar surface area (TPSA) is 49.3 Å². The fourth-order valence-corrected chi connectivity index (χ4v) is 3.55. The van der Waals surface area contributed by atoms with Crippen molar-refractivity contribution in [2.24, 2.45) is 0 Å². The number of rotatable bonds is 7. The molecule has 0 amide bonds. The maximum atomic E-state index is 12.0. The van der Waals surface area contributed by atoms with Crippen LogP contribution in [-0.4, -0.2) is 10.7 Å². The van der Waals surface area contributed by atoms with Crippen LogP contribution in [0.1, 0.15) is 22.7 Å². The van der Waals surface area contributed by atoms with Crippen LogP contribution in [0.2, 0.25) is 0 Å². The van der Waals surface area contributed by atoms with Gasteiger partial charge in [-0.1, -0.05) is 91.0 Å². The van der Waals surface area contributed by atoms with Crippen molar-refractivity contribution >= 4 is 8.03 Å². The highest BCUT2D eigenvalue weighted by molar-refractivity contribution is 7.38. The zero-order valence-electron chi connectivity index (χ0n) is 13.8. The first-order valence-corrected chi connectivity index (χ1v) is 9.57. The average molecular weight is 350 g/mol. The molecule has 0 spiro atoms. The summed E-state index contributed by atoms with van der Waals surface area (Å²) in [7, 11) is -2.36. The van der Waals surface area contributed by atoms with E-state index in [1.165, 1.54) is 0 Å². The van der Waals surface area contributed by atoms with Crippen LogP contribution in [-0.2, 0) is 11.0 Å². The molecule has 0 heterocycles. The van der Waals surface area contributed by atoms with E-state index >= 15 is 0 Å².